The number of hydrogen-bond acceptors (Lipinski definition) is 1. The fourth-order valence-electron chi connectivity index (χ4n) is 2.91. The summed E-state index contributed by atoms with van der Waals surface area (Å²) in [5, 5.41) is 0. The summed E-state index contributed by atoms with van der Waals surface area (Å²) >= 11 is 0. The van der Waals surface area contributed by atoms with Crippen LogP contribution in [0.4, 0.5) is 22.0 Å². The minimum Gasteiger partial charge on any atom is -0.406 e. The van der Waals surface area contributed by atoms with E-state index >= 15 is 0 Å². The predicted molar refractivity (Wildman–Crippen MR) is 90.9 cm³/mol. The Balaban J connectivity index is 2.06. The maximum atomic E-state index is 14.0. The number of rotatable bonds is 7. The molecule has 0 aromatic heterocycles. The Bertz CT molecular complexity index is 694. The van der Waals surface area contributed by atoms with Crippen LogP contribution in [0.1, 0.15) is 36.5 Å². The van der Waals surface area contributed by atoms with E-state index in [2.05, 4.69) is 4.74 Å². The molecular formula is C20H21F5O. The summed E-state index contributed by atoms with van der Waals surface area (Å²) in [6.07, 6.45) is -6.72. The quantitative estimate of drug-likeness (QED) is 0.528. The van der Waals surface area contributed by atoms with Crippen molar-refractivity contribution in [3.05, 3.63) is 65.2 Å². The van der Waals surface area contributed by atoms with Gasteiger partial charge >= 0.3 is 6.36 Å². The molecule has 26 heavy (non-hydrogen) atoms. The first kappa shape index (κ1) is 20.2. The smallest absolute Gasteiger partial charge is 0.406 e. The summed E-state index contributed by atoms with van der Waals surface area (Å²) in [4.78, 5) is 0. The third-order valence-corrected chi connectivity index (χ3v) is 4.30. The predicted octanol–water partition coefficient (Wildman–Crippen LogP) is 6.17. The Morgan fingerprint density at radius 1 is 0.885 bits per heavy atom. The molecule has 2 aromatic rings. The summed E-state index contributed by atoms with van der Waals surface area (Å²) in [5.74, 6) is -0.846. The van der Waals surface area contributed by atoms with Crippen molar-refractivity contribution < 1.29 is 26.7 Å². The normalized spacial score (nSPS) is 15.3. The Morgan fingerprint density at radius 2 is 1.50 bits per heavy atom. The second-order valence-electron chi connectivity index (χ2n) is 6.30. The van der Waals surface area contributed by atoms with Crippen LogP contribution < -0.4 is 4.74 Å². The van der Waals surface area contributed by atoms with Crippen molar-refractivity contribution >= 4 is 0 Å². The first-order chi connectivity index (χ1) is 12.2. The van der Waals surface area contributed by atoms with E-state index in [0.29, 0.717) is 12.8 Å². The van der Waals surface area contributed by atoms with Crippen LogP contribution in [0.2, 0.25) is 0 Å². The van der Waals surface area contributed by atoms with Crippen molar-refractivity contribution in [2.75, 3.05) is 0 Å². The molecule has 2 rings (SSSR count). The third kappa shape index (κ3) is 5.71. The van der Waals surface area contributed by atoms with Crippen molar-refractivity contribution in [2.24, 2.45) is 0 Å². The summed E-state index contributed by atoms with van der Waals surface area (Å²) in [5.41, 5.74) is 2.48. The van der Waals surface area contributed by atoms with Crippen molar-refractivity contribution in [2.45, 2.75) is 51.3 Å². The third-order valence-electron chi connectivity index (χ3n) is 4.30. The van der Waals surface area contributed by atoms with Gasteiger partial charge in [0, 0.05) is 5.92 Å². The first-order valence-electron chi connectivity index (χ1n) is 8.38. The second-order valence-corrected chi connectivity index (χ2v) is 6.30. The highest BCUT2D eigenvalue weighted by Gasteiger charge is 2.31. The Hall–Kier alpha value is -2.11. The largest absolute Gasteiger partial charge is 0.573 e. The molecule has 0 spiro atoms. The summed E-state index contributed by atoms with van der Waals surface area (Å²) in [6.45, 7) is 2.86. The molecule has 1 nitrogen and oxygen atoms in total. The van der Waals surface area contributed by atoms with E-state index in [1.165, 1.54) is 19.1 Å². The zero-order chi connectivity index (χ0) is 19.3. The Morgan fingerprint density at radius 3 is 2.08 bits per heavy atom. The van der Waals surface area contributed by atoms with Gasteiger partial charge < -0.3 is 4.74 Å². The van der Waals surface area contributed by atoms with Gasteiger partial charge in [0.25, 0.3) is 0 Å². The van der Waals surface area contributed by atoms with Crippen LogP contribution in [0.3, 0.4) is 0 Å². The molecule has 142 valence electrons. The molecule has 2 aromatic carbocycles. The van der Waals surface area contributed by atoms with Crippen molar-refractivity contribution in [1.82, 2.24) is 0 Å². The van der Waals surface area contributed by atoms with Crippen molar-refractivity contribution in [1.29, 1.82) is 0 Å². The van der Waals surface area contributed by atoms with Crippen LogP contribution in [0.25, 0.3) is 0 Å². The van der Waals surface area contributed by atoms with E-state index in [4.69, 9.17) is 0 Å². The van der Waals surface area contributed by atoms with Crippen LogP contribution in [0.15, 0.2) is 48.5 Å². The number of halogens is 5. The van der Waals surface area contributed by atoms with Gasteiger partial charge in [-0.05, 0) is 48.6 Å². The van der Waals surface area contributed by atoms with Gasteiger partial charge in [0.2, 0.25) is 0 Å². The minimum atomic E-state index is -4.72. The Kier molecular flexibility index (Phi) is 6.62. The van der Waals surface area contributed by atoms with E-state index < -0.39 is 24.6 Å². The van der Waals surface area contributed by atoms with Crippen molar-refractivity contribution in [3.63, 3.8) is 0 Å². The SMILES string of the molecule is CC(F)C(F)C(C)c1ccccc1CCc1ccc(OC(F)(F)F)cc1. The maximum Gasteiger partial charge on any atom is 0.573 e. The number of hydrogen-bond donors (Lipinski definition) is 0. The van der Waals surface area contributed by atoms with E-state index in [1.807, 2.05) is 12.1 Å². The molecule has 0 fully saturated rings. The zero-order valence-electron chi connectivity index (χ0n) is 14.6. The summed E-state index contributed by atoms with van der Waals surface area (Å²) < 4.78 is 67.7. The van der Waals surface area contributed by atoms with Gasteiger partial charge in [-0.25, -0.2) is 8.78 Å². The van der Waals surface area contributed by atoms with Gasteiger partial charge in [-0.1, -0.05) is 43.3 Å². The highest BCUT2D eigenvalue weighted by molar-refractivity contribution is 5.33. The molecule has 0 saturated carbocycles. The van der Waals surface area contributed by atoms with Gasteiger partial charge in [0.15, 0.2) is 0 Å². The molecule has 0 aliphatic rings. The number of alkyl halides is 5. The van der Waals surface area contributed by atoms with Gasteiger partial charge in [-0.2, -0.15) is 0 Å². The zero-order valence-corrected chi connectivity index (χ0v) is 14.6. The summed E-state index contributed by atoms with van der Waals surface area (Å²) in [7, 11) is 0. The van der Waals surface area contributed by atoms with Gasteiger partial charge in [0.1, 0.15) is 18.1 Å². The molecule has 0 aliphatic carbocycles. The van der Waals surface area contributed by atoms with Crippen LogP contribution in [0, 0.1) is 0 Å². The monoisotopic (exact) mass is 372 g/mol. The number of benzene rings is 2. The van der Waals surface area contributed by atoms with Gasteiger partial charge in [0.05, 0.1) is 0 Å². The van der Waals surface area contributed by atoms with E-state index in [1.54, 1.807) is 31.2 Å². The summed E-state index contributed by atoms with van der Waals surface area (Å²) in [6, 6.07) is 12.9. The maximum absolute atomic E-state index is 14.0. The van der Waals surface area contributed by atoms with Crippen molar-refractivity contribution in [3.8, 4) is 5.75 Å². The molecule has 0 N–H and O–H groups in total. The van der Waals surface area contributed by atoms with Crippen LogP contribution in [-0.4, -0.2) is 18.7 Å². The molecule has 0 saturated heterocycles. The van der Waals surface area contributed by atoms with E-state index in [9.17, 15) is 22.0 Å². The average molecular weight is 372 g/mol. The fraction of sp³-hybridized carbons (Fsp3) is 0.400. The minimum absolute atomic E-state index is 0.271. The Labute approximate surface area is 149 Å². The molecule has 0 amide bonds. The molecule has 0 bridgehead atoms. The van der Waals surface area contributed by atoms with Crippen LogP contribution >= 0.6 is 0 Å². The molecule has 6 heteroatoms. The second kappa shape index (κ2) is 8.52. The molecular weight excluding hydrogens is 351 g/mol. The topological polar surface area (TPSA) is 9.23 Å². The van der Waals surface area contributed by atoms with E-state index in [-0.39, 0.29) is 5.75 Å². The van der Waals surface area contributed by atoms with Crippen LogP contribution in [-0.2, 0) is 12.8 Å². The number of ether oxygens (including phenoxy) is 1. The first-order valence-corrected chi connectivity index (χ1v) is 8.38. The molecule has 0 radical (unpaired) electrons. The molecule has 3 unspecified atom stereocenters. The lowest BCUT2D eigenvalue weighted by Gasteiger charge is -2.21. The fourth-order valence-corrected chi connectivity index (χ4v) is 2.91. The van der Waals surface area contributed by atoms with Gasteiger partial charge in [-0.3, -0.25) is 0 Å². The molecule has 0 aliphatic heterocycles. The van der Waals surface area contributed by atoms with E-state index in [0.717, 1.165) is 16.7 Å². The van der Waals surface area contributed by atoms with Crippen LogP contribution in [0.5, 0.6) is 5.75 Å². The molecule has 0 heterocycles. The lowest BCUT2D eigenvalue weighted by molar-refractivity contribution is -0.274. The molecule has 3 atom stereocenters. The lowest BCUT2D eigenvalue weighted by atomic mass is 9.88. The average Bonchev–Trinajstić information content (AvgIpc) is 2.58. The highest BCUT2D eigenvalue weighted by Crippen LogP contribution is 2.29. The highest BCUT2D eigenvalue weighted by atomic mass is 19.4. The lowest BCUT2D eigenvalue weighted by Crippen LogP contribution is -2.21. The van der Waals surface area contributed by atoms with Gasteiger partial charge in [-0.15, -0.1) is 13.2 Å². The number of aryl methyl sites for hydroxylation is 2. The standard InChI is InChI=1S/C20H21F5O/c1-13(19(22)14(2)21)18-6-4-3-5-16(18)10-7-15-8-11-17(12-9-15)26-20(23,24)25/h3-6,8-9,11-14,19H,7,10H2,1-2H3.